The number of nitrogens with one attached hydrogen (secondary N) is 1. The number of benzene rings is 1. The van der Waals surface area contributed by atoms with E-state index in [1.54, 1.807) is 0 Å². The molecule has 1 aliphatic rings. The van der Waals surface area contributed by atoms with Gasteiger partial charge in [-0.05, 0) is 37.8 Å². The number of carbonyl (C=O) groups is 1. The van der Waals surface area contributed by atoms with E-state index in [0.29, 0.717) is 4.99 Å². The summed E-state index contributed by atoms with van der Waals surface area (Å²) in [4.78, 5) is 13.0. The van der Waals surface area contributed by atoms with Crippen LogP contribution in [0.4, 0.5) is 5.69 Å². The van der Waals surface area contributed by atoms with Crippen molar-refractivity contribution < 1.29 is 4.79 Å². The fraction of sp³-hybridized carbons (Fsp3) is 0.500. The summed E-state index contributed by atoms with van der Waals surface area (Å²) in [7, 11) is 0. The van der Waals surface area contributed by atoms with Crippen molar-refractivity contribution in [1.82, 2.24) is 0 Å². The van der Waals surface area contributed by atoms with Crippen molar-refractivity contribution in [2.24, 2.45) is 11.1 Å². The average Bonchev–Trinajstić information content (AvgIpc) is 2.88. The van der Waals surface area contributed by atoms with E-state index in [-0.39, 0.29) is 11.3 Å². The van der Waals surface area contributed by atoms with Crippen molar-refractivity contribution in [2.45, 2.75) is 46.0 Å². The molecule has 0 bridgehead atoms. The number of hydrogen-bond acceptors (Lipinski definition) is 2. The zero-order valence-corrected chi connectivity index (χ0v) is 13.0. The lowest BCUT2D eigenvalue weighted by molar-refractivity contribution is -0.125. The fourth-order valence-corrected chi connectivity index (χ4v) is 3.42. The first-order chi connectivity index (χ1) is 9.50. The van der Waals surface area contributed by atoms with Gasteiger partial charge >= 0.3 is 0 Å². The van der Waals surface area contributed by atoms with Gasteiger partial charge in [0.1, 0.15) is 4.99 Å². The van der Waals surface area contributed by atoms with Gasteiger partial charge < -0.3 is 11.1 Å². The number of nitrogens with two attached hydrogens (primary N) is 1. The Hall–Kier alpha value is -1.42. The van der Waals surface area contributed by atoms with Gasteiger partial charge in [0.15, 0.2) is 0 Å². The number of anilines is 1. The largest absolute Gasteiger partial charge is 0.389 e. The van der Waals surface area contributed by atoms with Crippen molar-refractivity contribution in [3.8, 4) is 0 Å². The van der Waals surface area contributed by atoms with Crippen LogP contribution in [-0.4, -0.2) is 10.9 Å². The summed E-state index contributed by atoms with van der Waals surface area (Å²) >= 11 is 5.11. The van der Waals surface area contributed by atoms with Crippen LogP contribution in [0.5, 0.6) is 0 Å². The van der Waals surface area contributed by atoms with Crippen LogP contribution in [0.15, 0.2) is 18.2 Å². The van der Waals surface area contributed by atoms with Gasteiger partial charge in [0, 0.05) is 11.0 Å². The molecule has 1 aliphatic carbocycles. The predicted octanol–water partition coefficient (Wildman–Crippen LogP) is 3.54. The SMILES string of the molecule is CCC1(C(=O)Nc2cccc(C)c2C(N)=S)CCCC1. The molecule has 0 aromatic heterocycles. The number of thiocarbonyl (C=S) groups is 1. The lowest BCUT2D eigenvalue weighted by Gasteiger charge is -2.26. The van der Waals surface area contributed by atoms with Gasteiger partial charge in [-0.2, -0.15) is 0 Å². The van der Waals surface area contributed by atoms with Gasteiger partial charge in [0.25, 0.3) is 0 Å². The maximum atomic E-state index is 12.7. The lowest BCUT2D eigenvalue weighted by atomic mass is 9.82. The number of aryl methyl sites for hydroxylation is 1. The summed E-state index contributed by atoms with van der Waals surface area (Å²) < 4.78 is 0. The molecule has 2 rings (SSSR count). The minimum absolute atomic E-state index is 0.112. The Morgan fingerprint density at radius 1 is 1.40 bits per heavy atom. The van der Waals surface area contributed by atoms with Crippen LogP contribution in [0.25, 0.3) is 0 Å². The third kappa shape index (κ3) is 2.70. The van der Waals surface area contributed by atoms with Gasteiger partial charge in [-0.1, -0.05) is 44.1 Å². The van der Waals surface area contributed by atoms with Gasteiger partial charge in [0.05, 0.1) is 5.69 Å². The van der Waals surface area contributed by atoms with Crippen molar-refractivity contribution >= 4 is 28.8 Å². The number of amides is 1. The highest BCUT2D eigenvalue weighted by molar-refractivity contribution is 7.80. The molecule has 3 N–H and O–H groups in total. The smallest absolute Gasteiger partial charge is 0.230 e. The van der Waals surface area contributed by atoms with Crippen LogP contribution >= 0.6 is 12.2 Å². The van der Waals surface area contributed by atoms with E-state index in [1.807, 2.05) is 25.1 Å². The normalized spacial score (nSPS) is 16.9. The Morgan fingerprint density at radius 3 is 2.60 bits per heavy atom. The fourth-order valence-electron chi connectivity index (χ4n) is 3.15. The van der Waals surface area contributed by atoms with Crippen LogP contribution in [-0.2, 0) is 4.79 Å². The Morgan fingerprint density at radius 2 is 2.05 bits per heavy atom. The first kappa shape index (κ1) is 15.0. The number of carbonyl (C=O) groups excluding carboxylic acids is 1. The zero-order chi connectivity index (χ0) is 14.8. The molecule has 108 valence electrons. The van der Waals surface area contributed by atoms with Crippen LogP contribution in [0.3, 0.4) is 0 Å². The van der Waals surface area contributed by atoms with Crippen LogP contribution in [0, 0.1) is 12.3 Å². The van der Waals surface area contributed by atoms with Crippen molar-refractivity contribution in [3.63, 3.8) is 0 Å². The molecule has 1 aromatic carbocycles. The predicted molar refractivity (Wildman–Crippen MR) is 86.9 cm³/mol. The average molecular weight is 290 g/mol. The van der Waals surface area contributed by atoms with Crippen molar-refractivity contribution in [3.05, 3.63) is 29.3 Å². The second-order valence-electron chi connectivity index (χ2n) is 5.66. The molecule has 1 saturated carbocycles. The summed E-state index contributed by atoms with van der Waals surface area (Å²) in [5, 5.41) is 3.06. The van der Waals surface area contributed by atoms with Crippen molar-refractivity contribution in [1.29, 1.82) is 0 Å². The standard InChI is InChI=1S/C16H22N2OS/c1-3-16(9-4-5-10-16)15(19)18-12-8-6-7-11(2)13(12)14(17)20/h6-8H,3-5,9-10H2,1-2H3,(H2,17,20)(H,18,19). The number of hydrogen-bond donors (Lipinski definition) is 2. The van der Waals surface area contributed by atoms with Crippen molar-refractivity contribution in [2.75, 3.05) is 5.32 Å². The minimum Gasteiger partial charge on any atom is -0.389 e. The second kappa shape index (κ2) is 5.92. The van der Waals surface area contributed by atoms with Crippen LogP contribution in [0.1, 0.15) is 50.2 Å². The molecule has 0 atom stereocenters. The molecular weight excluding hydrogens is 268 g/mol. The highest BCUT2D eigenvalue weighted by Crippen LogP contribution is 2.42. The van der Waals surface area contributed by atoms with Crippen LogP contribution in [0.2, 0.25) is 0 Å². The van der Waals surface area contributed by atoms with E-state index in [0.717, 1.165) is 48.9 Å². The molecule has 0 heterocycles. The van der Waals surface area contributed by atoms with E-state index in [4.69, 9.17) is 18.0 Å². The first-order valence-electron chi connectivity index (χ1n) is 7.21. The molecule has 0 unspecified atom stereocenters. The highest BCUT2D eigenvalue weighted by Gasteiger charge is 2.39. The summed E-state index contributed by atoms with van der Waals surface area (Å²) in [5.41, 5.74) is 8.09. The van der Waals surface area contributed by atoms with E-state index in [1.165, 1.54) is 0 Å². The van der Waals surface area contributed by atoms with E-state index in [9.17, 15) is 4.79 Å². The molecule has 20 heavy (non-hydrogen) atoms. The van der Waals surface area contributed by atoms with Gasteiger partial charge in [-0.15, -0.1) is 0 Å². The van der Waals surface area contributed by atoms with Gasteiger partial charge in [0.2, 0.25) is 5.91 Å². The molecule has 4 heteroatoms. The second-order valence-corrected chi connectivity index (χ2v) is 6.10. The zero-order valence-electron chi connectivity index (χ0n) is 12.2. The maximum absolute atomic E-state index is 12.7. The van der Waals surface area contributed by atoms with Gasteiger partial charge in [-0.25, -0.2) is 0 Å². The molecule has 1 fully saturated rings. The minimum atomic E-state index is -0.211. The molecular formula is C16H22N2OS. The molecule has 0 spiro atoms. The Balaban J connectivity index is 2.28. The van der Waals surface area contributed by atoms with E-state index < -0.39 is 0 Å². The summed E-state index contributed by atoms with van der Waals surface area (Å²) in [6.07, 6.45) is 5.11. The first-order valence-corrected chi connectivity index (χ1v) is 7.62. The van der Waals surface area contributed by atoms with Gasteiger partial charge in [-0.3, -0.25) is 4.79 Å². The lowest BCUT2D eigenvalue weighted by Crippen LogP contribution is -2.34. The van der Waals surface area contributed by atoms with E-state index in [2.05, 4.69) is 12.2 Å². The van der Waals surface area contributed by atoms with E-state index >= 15 is 0 Å². The summed E-state index contributed by atoms with van der Waals surface area (Å²) in [5.74, 6) is 0.112. The molecule has 1 aromatic rings. The Labute approximate surface area is 125 Å². The summed E-state index contributed by atoms with van der Waals surface area (Å²) in [6.45, 7) is 4.05. The summed E-state index contributed by atoms with van der Waals surface area (Å²) in [6, 6.07) is 5.74. The quantitative estimate of drug-likeness (QED) is 0.834. The Bertz CT molecular complexity index is 533. The topological polar surface area (TPSA) is 55.1 Å². The monoisotopic (exact) mass is 290 g/mol. The third-order valence-electron chi connectivity index (χ3n) is 4.49. The van der Waals surface area contributed by atoms with Crippen LogP contribution < -0.4 is 11.1 Å². The molecule has 3 nitrogen and oxygen atoms in total. The molecule has 0 saturated heterocycles. The number of rotatable bonds is 4. The highest BCUT2D eigenvalue weighted by atomic mass is 32.1. The maximum Gasteiger partial charge on any atom is 0.230 e. The molecule has 0 aliphatic heterocycles. The third-order valence-corrected chi connectivity index (χ3v) is 4.69. The molecule has 0 radical (unpaired) electrons. The molecule has 1 amide bonds. The Kier molecular flexibility index (Phi) is 4.43.